The number of primary amides is 1. The molecule has 1 aromatic heterocycles. The van der Waals surface area contributed by atoms with E-state index in [9.17, 15) is 4.79 Å². The number of carbonyl (C=O) groups excluding carboxylic acids is 1. The van der Waals surface area contributed by atoms with Crippen molar-refractivity contribution in [2.24, 2.45) is 11.5 Å². The van der Waals surface area contributed by atoms with Crippen molar-refractivity contribution in [3.05, 3.63) is 24.0 Å². The summed E-state index contributed by atoms with van der Waals surface area (Å²) in [6.07, 6.45) is 1.85. The van der Waals surface area contributed by atoms with Crippen LogP contribution in [0.25, 0.3) is 0 Å². The number of carbonyl (C=O) groups is 1. The number of hydrogen-bond donors (Lipinski definition) is 3. The van der Waals surface area contributed by atoms with E-state index in [1.165, 1.54) is 0 Å². The van der Waals surface area contributed by atoms with Crippen LogP contribution in [0.3, 0.4) is 0 Å². The Bertz CT molecular complexity index is 408. The predicted octanol–water partition coefficient (Wildman–Crippen LogP) is 0.392. The molecule has 5 nitrogen and oxygen atoms in total. The van der Waals surface area contributed by atoms with Gasteiger partial charge in [0.2, 0.25) is 5.91 Å². The molecule has 0 bridgehead atoms. The molecular weight excluding hydrogens is 224 g/mol. The van der Waals surface area contributed by atoms with Gasteiger partial charge >= 0.3 is 0 Å². The molecule has 1 heterocycles. The number of pyridine rings is 1. The van der Waals surface area contributed by atoms with Crippen molar-refractivity contribution in [1.82, 2.24) is 4.98 Å². The van der Waals surface area contributed by atoms with E-state index >= 15 is 0 Å². The number of nitrogens with zero attached hydrogens (tertiary/aromatic N) is 1. The van der Waals surface area contributed by atoms with Gasteiger partial charge in [-0.25, -0.2) is 0 Å². The van der Waals surface area contributed by atoms with Crippen LogP contribution in [0, 0.1) is 0 Å². The van der Waals surface area contributed by atoms with Crippen molar-refractivity contribution >= 4 is 28.8 Å². The van der Waals surface area contributed by atoms with Gasteiger partial charge < -0.3 is 16.8 Å². The summed E-state index contributed by atoms with van der Waals surface area (Å²) in [4.78, 5) is 15.0. The quantitative estimate of drug-likeness (QED) is 0.645. The van der Waals surface area contributed by atoms with Crippen molar-refractivity contribution in [2.75, 3.05) is 5.32 Å². The van der Waals surface area contributed by atoms with Crippen molar-refractivity contribution in [1.29, 1.82) is 0 Å². The molecule has 0 aliphatic rings. The maximum atomic E-state index is 10.7. The Kier molecular flexibility index (Phi) is 4.19. The molecule has 16 heavy (non-hydrogen) atoms. The molecule has 0 fully saturated rings. The highest BCUT2D eigenvalue weighted by molar-refractivity contribution is 7.80. The molecule has 0 aromatic carbocycles. The first kappa shape index (κ1) is 12.4. The molecule has 86 valence electrons. The molecule has 1 aromatic rings. The van der Waals surface area contributed by atoms with Gasteiger partial charge in [0.05, 0.1) is 5.69 Å². The van der Waals surface area contributed by atoms with Crippen LogP contribution in [0.5, 0.6) is 0 Å². The number of rotatable bonds is 5. The Hall–Kier alpha value is -1.69. The molecule has 1 amide bonds. The fraction of sp³-hybridized carbons (Fsp3) is 0.300. The van der Waals surface area contributed by atoms with E-state index in [2.05, 4.69) is 10.3 Å². The lowest BCUT2D eigenvalue weighted by Gasteiger charge is -2.15. The van der Waals surface area contributed by atoms with E-state index in [-0.39, 0.29) is 23.4 Å². The molecule has 5 N–H and O–H groups in total. The van der Waals surface area contributed by atoms with E-state index in [4.69, 9.17) is 23.7 Å². The van der Waals surface area contributed by atoms with Crippen LogP contribution >= 0.6 is 12.2 Å². The molecular formula is C10H14N4OS. The first-order valence-corrected chi connectivity index (χ1v) is 5.21. The molecule has 6 heteroatoms. The van der Waals surface area contributed by atoms with Crippen molar-refractivity contribution in [3.63, 3.8) is 0 Å². The maximum Gasteiger partial charge on any atom is 0.219 e. The molecule has 1 rings (SSSR count). The van der Waals surface area contributed by atoms with E-state index in [1.54, 1.807) is 18.3 Å². The third kappa shape index (κ3) is 3.47. The minimum Gasteiger partial charge on any atom is -0.388 e. The number of aromatic nitrogens is 1. The number of thiocarbonyl (C=S) groups is 1. The van der Waals surface area contributed by atoms with Crippen LogP contribution in [0.2, 0.25) is 0 Å². The Morgan fingerprint density at radius 2 is 2.31 bits per heavy atom. The van der Waals surface area contributed by atoms with Gasteiger partial charge in [-0.15, -0.1) is 0 Å². The van der Waals surface area contributed by atoms with Crippen LogP contribution in [0.1, 0.15) is 19.0 Å². The fourth-order valence-electron chi connectivity index (χ4n) is 1.34. The van der Waals surface area contributed by atoms with E-state index in [0.717, 1.165) is 0 Å². The lowest BCUT2D eigenvalue weighted by molar-refractivity contribution is -0.118. The summed E-state index contributed by atoms with van der Waals surface area (Å²) in [5.74, 6) is -0.360. The summed E-state index contributed by atoms with van der Waals surface area (Å²) in [5.41, 5.74) is 11.9. The fourth-order valence-corrected chi connectivity index (χ4v) is 1.50. The van der Waals surface area contributed by atoms with Gasteiger partial charge in [0.15, 0.2) is 0 Å². The molecule has 1 unspecified atom stereocenters. The highest BCUT2D eigenvalue weighted by Gasteiger charge is 2.10. The van der Waals surface area contributed by atoms with Gasteiger partial charge in [0, 0.05) is 18.7 Å². The number of hydrogen-bond acceptors (Lipinski definition) is 4. The third-order valence-electron chi connectivity index (χ3n) is 1.95. The highest BCUT2D eigenvalue weighted by Crippen LogP contribution is 2.13. The van der Waals surface area contributed by atoms with Crippen molar-refractivity contribution in [2.45, 2.75) is 19.4 Å². The smallest absolute Gasteiger partial charge is 0.219 e. The molecule has 0 aliphatic carbocycles. The Morgan fingerprint density at radius 1 is 1.62 bits per heavy atom. The van der Waals surface area contributed by atoms with E-state index < -0.39 is 0 Å². The summed E-state index contributed by atoms with van der Waals surface area (Å²) in [6, 6.07) is 3.48. The third-order valence-corrected chi connectivity index (χ3v) is 2.14. The summed E-state index contributed by atoms with van der Waals surface area (Å²) in [6.45, 7) is 1.85. The maximum absolute atomic E-state index is 10.7. The summed E-state index contributed by atoms with van der Waals surface area (Å²) in [5, 5.41) is 3.09. The number of nitrogens with one attached hydrogen (secondary N) is 1. The van der Waals surface area contributed by atoms with Crippen LogP contribution in [0.4, 0.5) is 5.69 Å². The summed E-state index contributed by atoms with van der Waals surface area (Å²) in [7, 11) is 0. The topological polar surface area (TPSA) is 94.0 Å². The zero-order valence-corrected chi connectivity index (χ0v) is 9.75. The second kappa shape index (κ2) is 5.41. The Balaban J connectivity index is 2.80. The highest BCUT2D eigenvalue weighted by atomic mass is 32.1. The molecule has 0 saturated carbocycles. The summed E-state index contributed by atoms with van der Waals surface area (Å²) >= 11 is 4.87. The van der Waals surface area contributed by atoms with Gasteiger partial charge in [0.1, 0.15) is 10.7 Å². The van der Waals surface area contributed by atoms with Crippen molar-refractivity contribution in [3.8, 4) is 0 Å². The van der Waals surface area contributed by atoms with Crippen LogP contribution < -0.4 is 16.8 Å². The van der Waals surface area contributed by atoms with Gasteiger partial charge in [-0.3, -0.25) is 9.78 Å². The van der Waals surface area contributed by atoms with E-state index in [1.807, 2.05) is 6.92 Å². The number of amides is 1. The summed E-state index contributed by atoms with van der Waals surface area (Å²) < 4.78 is 0. The molecule has 0 saturated heterocycles. The first-order chi connectivity index (χ1) is 7.50. The van der Waals surface area contributed by atoms with Crippen molar-refractivity contribution < 1.29 is 4.79 Å². The lowest BCUT2D eigenvalue weighted by atomic mass is 10.2. The zero-order valence-electron chi connectivity index (χ0n) is 8.93. The van der Waals surface area contributed by atoms with Crippen LogP contribution in [-0.4, -0.2) is 21.9 Å². The molecule has 0 spiro atoms. The largest absolute Gasteiger partial charge is 0.388 e. The number of nitrogens with two attached hydrogens (primary N) is 2. The minimum atomic E-state index is -0.360. The Labute approximate surface area is 99.2 Å². The average Bonchev–Trinajstić information content (AvgIpc) is 2.16. The van der Waals surface area contributed by atoms with Crippen LogP contribution in [-0.2, 0) is 4.79 Å². The number of anilines is 1. The van der Waals surface area contributed by atoms with Gasteiger partial charge in [0.25, 0.3) is 0 Å². The minimum absolute atomic E-state index is 0.0881. The zero-order chi connectivity index (χ0) is 12.1. The Morgan fingerprint density at radius 3 is 2.88 bits per heavy atom. The monoisotopic (exact) mass is 238 g/mol. The molecule has 0 aliphatic heterocycles. The molecule has 0 radical (unpaired) electrons. The van der Waals surface area contributed by atoms with Gasteiger partial charge in [-0.1, -0.05) is 12.2 Å². The van der Waals surface area contributed by atoms with E-state index in [0.29, 0.717) is 11.4 Å². The normalized spacial score (nSPS) is 11.8. The lowest BCUT2D eigenvalue weighted by Crippen LogP contribution is -2.25. The van der Waals surface area contributed by atoms with Crippen LogP contribution in [0.15, 0.2) is 18.3 Å². The average molecular weight is 238 g/mol. The van der Waals surface area contributed by atoms with Gasteiger partial charge in [-0.05, 0) is 19.1 Å². The standard InChI is InChI=1S/C10H14N4OS/c1-6(5-8(11)15)14-7-3-2-4-13-9(7)10(12)16/h2-4,6,14H,5H2,1H3,(H2,11,15)(H2,12,16). The predicted molar refractivity (Wildman–Crippen MR) is 67.0 cm³/mol. The first-order valence-electron chi connectivity index (χ1n) is 4.80. The SMILES string of the molecule is CC(CC(N)=O)Nc1cccnc1C(N)=S. The molecule has 1 atom stereocenters. The second-order valence-electron chi connectivity index (χ2n) is 3.48. The van der Waals surface area contributed by atoms with Gasteiger partial charge in [-0.2, -0.15) is 0 Å². The second-order valence-corrected chi connectivity index (χ2v) is 3.92.